The summed E-state index contributed by atoms with van der Waals surface area (Å²) >= 11 is 0. The molecule has 2 aromatic rings. The highest BCUT2D eigenvalue weighted by atomic mass is 16.2. The molecule has 0 radical (unpaired) electrons. The Morgan fingerprint density at radius 2 is 2.00 bits per heavy atom. The van der Waals surface area contributed by atoms with Crippen LogP contribution in [-0.4, -0.2) is 29.8 Å². The van der Waals surface area contributed by atoms with E-state index >= 15 is 0 Å². The summed E-state index contributed by atoms with van der Waals surface area (Å²) in [5.74, 6) is -0.264. The van der Waals surface area contributed by atoms with Gasteiger partial charge in [-0.25, -0.2) is 4.79 Å². The molecule has 0 unspecified atom stereocenters. The number of nitrogens with zero attached hydrogens (tertiary/aromatic N) is 2. The predicted molar refractivity (Wildman–Crippen MR) is 88.8 cm³/mol. The molecule has 6 nitrogen and oxygen atoms in total. The average molecular weight is 323 g/mol. The van der Waals surface area contributed by atoms with Crippen LogP contribution in [0.15, 0.2) is 30.6 Å². The zero-order valence-corrected chi connectivity index (χ0v) is 13.1. The lowest BCUT2D eigenvalue weighted by atomic mass is 9.64. The fraction of sp³-hybridized carbons (Fsp3) is 0.333. The monoisotopic (exact) mass is 323 g/mol. The lowest BCUT2D eigenvalue weighted by Gasteiger charge is -2.38. The molecule has 0 bridgehead atoms. The van der Waals surface area contributed by atoms with Crippen molar-refractivity contribution in [1.29, 1.82) is 0 Å². The quantitative estimate of drug-likeness (QED) is 0.879. The van der Waals surface area contributed by atoms with E-state index in [1.54, 1.807) is 12.4 Å². The van der Waals surface area contributed by atoms with Crippen molar-refractivity contribution in [2.24, 2.45) is 0 Å². The summed E-state index contributed by atoms with van der Waals surface area (Å²) in [6, 6.07) is 5.38. The molecule has 2 heterocycles. The summed E-state index contributed by atoms with van der Waals surface area (Å²) in [6.45, 7) is 0.328. The van der Waals surface area contributed by atoms with Gasteiger partial charge in [0.15, 0.2) is 0 Å². The van der Waals surface area contributed by atoms with Crippen LogP contribution in [0.2, 0.25) is 0 Å². The van der Waals surface area contributed by atoms with Crippen LogP contribution in [-0.2, 0) is 15.0 Å². The van der Waals surface area contributed by atoms with Crippen LogP contribution in [0.25, 0.3) is 10.8 Å². The van der Waals surface area contributed by atoms with Gasteiger partial charge in [-0.05, 0) is 18.4 Å². The lowest BCUT2D eigenvalue weighted by Crippen LogP contribution is -2.49. The maximum absolute atomic E-state index is 12.2. The fourth-order valence-electron chi connectivity index (χ4n) is 3.63. The smallest absolute Gasteiger partial charge is 0.302 e. The van der Waals surface area contributed by atoms with Gasteiger partial charge in [-0.3, -0.25) is 20.0 Å². The number of nitrogens with one attached hydrogen (secondary N) is 1. The van der Waals surface area contributed by atoms with E-state index in [0.29, 0.717) is 12.2 Å². The third-order valence-electron chi connectivity index (χ3n) is 5.14. The highest BCUT2D eigenvalue weighted by Crippen LogP contribution is 2.45. The molecule has 1 aliphatic carbocycles. The third-order valence-corrected chi connectivity index (χ3v) is 5.14. The van der Waals surface area contributed by atoms with Gasteiger partial charge < -0.3 is 4.79 Å². The number of anilines is 1. The van der Waals surface area contributed by atoms with Crippen LogP contribution < -0.4 is 10.2 Å². The maximum atomic E-state index is 12.2. The molecule has 4 rings (SSSR count). The summed E-state index contributed by atoms with van der Waals surface area (Å²) in [4.78, 5) is 41.1. The molecule has 3 amide bonds. The van der Waals surface area contributed by atoms with E-state index in [0.717, 1.165) is 41.9 Å². The van der Waals surface area contributed by atoms with Crippen molar-refractivity contribution in [3.63, 3.8) is 0 Å². The van der Waals surface area contributed by atoms with Crippen molar-refractivity contribution >= 4 is 34.7 Å². The van der Waals surface area contributed by atoms with Gasteiger partial charge in [-0.1, -0.05) is 24.6 Å². The van der Waals surface area contributed by atoms with Gasteiger partial charge >= 0.3 is 6.03 Å². The molecule has 122 valence electrons. The van der Waals surface area contributed by atoms with E-state index in [1.807, 2.05) is 18.2 Å². The van der Waals surface area contributed by atoms with E-state index in [2.05, 4.69) is 10.3 Å². The lowest BCUT2D eigenvalue weighted by molar-refractivity contribution is -0.120. The summed E-state index contributed by atoms with van der Waals surface area (Å²) in [5, 5.41) is 4.11. The number of rotatable bonds is 3. The number of carbonyl (C=O) groups is 3. The summed E-state index contributed by atoms with van der Waals surface area (Å²) < 4.78 is 0. The molecule has 24 heavy (non-hydrogen) atoms. The van der Waals surface area contributed by atoms with Crippen molar-refractivity contribution in [1.82, 2.24) is 10.3 Å². The topological polar surface area (TPSA) is 79.4 Å². The SMILES string of the molecule is O=CC1(c2cccc3c(N4CCC(=O)NC4=O)cncc23)CCC1. The summed E-state index contributed by atoms with van der Waals surface area (Å²) in [7, 11) is 0. The largest absolute Gasteiger partial charge is 0.328 e. The first-order valence-corrected chi connectivity index (χ1v) is 8.09. The molecule has 1 aromatic carbocycles. The molecule has 1 saturated heterocycles. The zero-order chi connectivity index (χ0) is 16.7. The van der Waals surface area contributed by atoms with E-state index in [-0.39, 0.29) is 12.3 Å². The Balaban J connectivity index is 1.86. The Morgan fingerprint density at radius 3 is 2.67 bits per heavy atom. The third kappa shape index (κ3) is 2.10. The maximum Gasteiger partial charge on any atom is 0.328 e. The predicted octanol–water partition coefficient (Wildman–Crippen LogP) is 2.30. The van der Waals surface area contributed by atoms with Gasteiger partial charge in [0.25, 0.3) is 0 Å². The first-order valence-electron chi connectivity index (χ1n) is 8.09. The van der Waals surface area contributed by atoms with Gasteiger partial charge in [0, 0.05) is 29.9 Å². The Hall–Kier alpha value is -2.76. The molecule has 1 aromatic heterocycles. The van der Waals surface area contributed by atoms with Gasteiger partial charge in [0.1, 0.15) is 6.29 Å². The van der Waals surface area contributed by atoms with Crippen molar-refractivity contribution in [3.05, 3.63) is 36.2 Å². The number of aldehydes is 1. The number of amides is 3. The van der Waals surface area contributed by atoms with Crippen LogP contribution in [0, 0.1) is 0 Å². The molecule has 2 fully saturated rings. The molecule has 6 heteroatoms. The van der Waals surface area contributed by atoms with Gasteiger partial charge in [0.2, 0.25) is 5.91 Å². The number of benzene rings is 1. The molecule has 0 atom stereocenters. The van der Waals surface area contributed by atoms with Gasteiger partial charge in [-0.15, -0.1) is 0 Å². The number of imide groups is 1. The Labute approximate surface area is 138 Å². The summed E-state index contributed by atoms with van der Waals surface area (Å²) in [5.41, 5.74) is 1.21. The Kier molecular flexibility index (Phi) is 3.33. The first-order chi connectivity index (χ1) is 11.6. The normalized spacial score (nSPS) is 19.8. The second-order valence-electron chi connectivity index (χ2n) is 6.44. The number of hydrogen-bond acceptors (Lipinski definition) is 4. The van der Waals surface area contributed by atoms with E-state index in [9.17, 15) is 14.4 Å². The molecular weight excluding hydrogens is 306 g/mol. The Bertz CT molecular complexity index is 858. The number of pyridine rings is 1. The highest BCUT2D eigenvalue weighted by molar-refractivity contribution is 6.10. The zero-order valence-electron chi connectivity index (χ0n) is 13.1. The number of carbonyl (C=O) groups excluding carboxylic acids is 3. The number of fused-ring (bicyclic) bond motifs is 1. The molecule has 1 saturated carbocycles. The highest BCUT2D eigenvalue weighted by Gasteiger charge is 2.40. The van der Waals surface area contributed by atoms with Crippen molar-refractivity contribution < 1.29 is 14.4 Å². The van der Waals surface area contributed by atoms with E-state index < -0.39 is 11.4 Å². The number of hydrogen-bond donors (Lipinski definition) is 1. The first kappa shape index (κ1) is 14.8. The van der Waals surface area contributed by atoms with Crippen LogP contribution in [0.3, 0.4) is 0 Å². The van der Waals surface area contributed by atoms with Crippen LogP contribution >= 0.6 is 0 Å². The molecule has 0 spiro atoms. The van der Waals surface area contributed by atoms with Crippen LogP contribution in [0.1, 0.15) is 31.2 Å². The van der Waals surface area contributed by atoms with Crippen LogP contribution in [0.4, 0.5) is 10.5 Å². The molecule has 1 aliphatic heterocycles. The minimum atomic E-state index is -0.431. The van der Waals surface area contributed by atoms with E-state index in [1.165, 1.54) is 4.90 Å². The van der Waals surface area contributed by atoms with Crippen LogP contribution in [0.5, 0.6) is 0 Å². The minimum absolute atomic E-state index is 0.264. The van der Waals surface area contributed by atoms with Gasteiger partial charge in [0.05, 0.1) is 17.3 Å². The van der Waals surface area contributed by atoms with Crippen molar-refractivity contribution in [2.45, 2.75) is 31.1 Å². The fourth-order valence-corrected chi connectivity index (χ4v) is 3.63. The summed E-state index contributed by atoms with van der Waals surface area (Å²) in [6.07, 6.45) is 7.43. The standard InChI is InChI=1S/C18H17N3O3/c22-11-18(6-2-7-18)14-4-1-3-12-13(14)9-19-10-15(12)21-8-5-16(23)20-17(21)24/h1,3-4,9-11H,2,5-8H2,(H,20,23,24). The minimum Gasteiger partial charge on any atom is -0.302 e. The van der Waals surface area contributed by atoms with Crippen molar-refractivity contribution in [2.75, 3.05) is 11.4 Å². The number of urea groups is 1. The van der Waals surface area contributed by atoms with Crippen molar-refractivity contribution in [3.8, 4) is 0 Å². The number of aromatic nitrogens is 1. The second kappa shape index (κ2) is 5.40. The molecular formula is C18H17N3O3. The average Bonchev–Trinajstić information content (AvgIpc) is 2.54. The second-order valence-corrected chi connectivity index (χ2v) is 6.44. The Morgan fingerprint density at radius 1 is 1.17 bits per heavy atom. The molecule has 2 aliphatic rings. The van der Waals surface area contributed by atoms with Gasteiger partial charge in [-0.2, -0.15) is 0 Å². The molecule has 1 N–H and O–H groups in total. The van der Waals surface area contributed by atoms with E-state index in [4.69, 9.17) is 0 Å².